The van der Waals surface area contributed by atoms with E-state index in [1.54, 1.807) is 12.4 Å². The molecule has 2 atom stereocenters. The monoisotopic (exact) mass is 281 g/mol. The second-order valence-electron chi connectivity index (χ2n) is 4.91. The Bertz CT molecular complexity index is 590. The Morgan fingerprint density at radius 1 is 1.05 bits per heavy atom. The lowest BCUT2D eigenvalue weighted by molar-refractivity contribution is 0.368. The van der Waals surface area contributed by atoms with Crippen molar-refractivity contribution in [3.63, 3.8) is 0 Å². The molecule has 0 bridgehead atoms. The molecule has 0 fully saturated rings. The van der Waals surface area contributed by atoms with Gasteiger partial charge in [-0.05, 0) is 49.2 Å². The zero-order chi connectivity index (χ0) is 15.1. The van der Waals surface area contributed by atoms with Gasteiger partial charge < -0.3 is 10.1 Å². The summed E-state index contributed by atoms with van der Waals surface area (Å²) in [6.45, 7) is 4.34. The highest BCUT2D eigenvalue weighted by molar-refractivity contribution is 5.29. The van der Waals surface area contributed by atoms with E-state index in [9.17, 15) is 0 Å². The zero-order valence-corrected chi connectivity index (χ0v) is 12.3. The SMILES string of the molecule is CC(N[C@H](C)c1ccncc1)c1ccc(OCC#N)cc1. The maximum absolute atomic E-state index is 8.49. The lowest BCUT2D eigenvalue weighted by Gasteiger charge is -2.20. The lowest BCUT2D eigenvalue weighted by Crippen LogP contribution is -2.22. The van der Waals surface area contributed by atoms with Gasteiger partial charge in [-0.3, -0.25) is 4.98 Å². The van der Waals surface area contributed by atoms with Gasteiger partial charge in [0, 0.05) is 24.5 Å². The first kappa shape index (κ1) is 15.0. The first-order chi connectivity index (χ1) is 10.2. The number of pyridine rings is 1. The minimum absolute atomic E-state index is 0.0756. The standard InChI is InChI=1S/C17H19N3O/c1-13(20-14(2)16-7-10-19-11-8-16)15-3-5-17(6-4-15)21-12-9-18/h3-8,10-11,13-14,20H,12H2,1-2H3/t13?,14-/m1/s1. The molecule has 1 heterocycles. The van der Waals surface area contributed by atoms with Gasteiger partial charge in [0.1, 0.15) is 11.8 Å². The van der Waals surface area contributed by atoms with Gasteiger partial charge in [0.05, 0.1) is 0 Å². The quantitative estimate of drug-likeness (QED) is 0.881. The summed E-state index contributed by atoms with van der Waals surface area (Å²) in [5.41, 5.74) is 2.39. The highest BCUT2D eigenvalue weighted by Crippen LogP contribution is 2.21. The van der Waals surface area contributed by atoms with Gasteiger partial charge in [0.15, 0.2) is 6.61 Å². The van der Waals surface area contributed by atoms with Gasteiger partial charge >= 0.3 is 0 Å². The van der Waals surface area contributed by atoms with Crippen molar-refractivity contribution in [1.29, 1.82) is 5.26 Å². The summed E-state index contributed by atoms with van der Waals surface area (Å²) in [5.74, 6) is 0.717. The van der Waals surface area contributed by atoms with Gasteiger partial charge in [0.2, 0.25) is 0 Å². The van der Waals surface area contributed by atoms with E-state index in [2.05, 4.69) is 24.1 Å². The minimum Gasteiger partial charge on any atom is -0.479 e. The Morgan fingerprint density at radius 2 is 1.62 bits per heavy atom. The lowest BCUT2D eigenvalue weighted by atomic mass is 10.0. The third kappa shape index (κ3) is 4.30. The van der Waals surface area contributed by atoms with Crippen molar-refractivity contribution in [2.45, 2.75) is 25.9 Å². The Balaban J connectivity index is 1.97. The van der Waals surface area contributed by atoms with Crippen LogP contribution in [-0.4, -0.2) is 11.6 Å². The molecule has 0 aliphatic heterocycles. The number of nitrogens with zero attached hydrogens (tertiary/aromatic N) is 2. The highest BCUT2D eigenvalue weighted by atomic mass is 16.5. The number of hydrogen-bond donors (Lipinski definition) is 1. The van der Waals surface area contributed by atoms with E-state index in [1.165, 1.54) is 11.1 Å². The molecule has 4 heteroatoms. The van der Waals surface area contributed by atoms with Crippen LogP contribution in [0.2, 0.25) is 0 Å². The molecule has 0 amide bonds. The summed E-state index contributed by atoms with van der Waals surface area (Å²) in [6, 6.07) is 14.3. The summed E-state index contributed by atoms with van der Waals surface area (Å²) in [4.78, 5) is 4.03. The molecule has 2 aromatic rings. The molecule has 21 heavy (non-hydrogen) atoms. The van der Waals surface area contributed by atoms with Gasteiger partial charge in [-0.1, -0.05) is 12.1 Å². The number of aromatic nitrogens is 1. The summed E-state index contributed by atoms with van der Waals surface area (Å²) < 4.78 is 5.25. The van der Waals surface area contributed by atoms with Crippen molar-refractivity contribution < 1.29 is 4.74 Å². The van der Waals surface area contributed by atoms with Crippen molar-refractivity contribution in [3.8, 4) is 11.8 Å². The van der Waals surface area contributed by atoms with Crippen LogP contribution in [0, 0.1) is 11.3 Å². The van der Waals surface area contributed by atoms with Crippen molar-refractivity contribution in [2.75, 3.05) is 6.61 Å². The number of hydrogen-bond acceptors (Lipinski definition) is 4. The van der Waals surface area contributed by atoms with Gasteiger partial charge in [0.25, 0.3) is 0 Å². The van der Waals surface area contributed by atoms with E-state index in [4.69, 9.17) is 10.00 Å². The van der Waals surface area contributed by atoms with Gasteiger partial charge in [-0.15, -0.1) is 0 Å². The van der Waals surface area contributed by atoms with E-state index in [-0.39, 0.29) is 18.7 Å². The summed E-state index contributed by atoms with van der Waals surface area (Å²) >= 11 is 0. The number of nitriles is 1. The Hall–Kier alpha value is -2.38. The molecule has 0 saturated heterocycles. The van der Waals surface area contributed by atoms with E-state index in [1.807, 2.05) is 42.5 Å². The predicted molar refractivity (Wildman–Crippen MR) is 81.8 cm³/mol. The van der Waals surface area contributed by atoms with Gasteiger partial charge in [-0.25, -0.2) is 0 Å². The molecule has 4 nitrogen and oxygen atoms in total. The minimum atomic E-state index is 0.0756. The Morgan fingerprint density at radius 3 is 2.19 bits per heavy atom. The molecule has 1 unspecified atom stereocenters. The molecule has 0 aliphatic rings. The van der Waals surface area contributed by atoms with Crippen LogP contribution in [0.1, 0.15) is 37.1 Å². The maximum Gasteiger partial charge on any atom is 0.174 e. The summed E-state index contributed by atoms with van der Waals surface area (Å²) in [6.07, 6.45) is 3.61. The van der Waals surface area contributed by atoms with Crippen molar-refractivity contribution in [3.05, 3.63) is 59.9 Å². The Kier molecular flexibility index (Phi) is 5.30. The van der Waals surface area contributed by atoms with E-state index in [0.717, 1.165) is 5.75 Å². The highest BCUT2D eigenvalue weighted by Gasteiger charge is 2.11. The molecule has 0 aliphatic carbocycles. The molecule has 1 aromatic heterocycles. The number of nitrogens with one attached hydrogen (secondary N) is 1. The van der Waals surface area contributed by atoms with Crippen molar-refractivity contribution >= 4 is 0 Å². The fourth-order valence-corrected chi connectivity index (χ4v) is 2.19. The van der Waals surface area contributed by atoms with Crippen LogP contribution >= 0.6 is 0 Å². The molecule has 2 rings (SSSR count). The van der Waals surface area contributed by atoms with Crippen LogP contribution in [0.5, 0.6) is 5.75 Å². The second kappa shape index (κ2) is 7.41. The predicted octanol–water partition coefficient (Wildman–Crippen LogP) is 3.40. The van der Waals surface area contributed by atoms with Gasteiger partial charge in [-0.2, -0.15) is 5.26 Å². The van der Waals surface area contributed by atoms with E-state index >= 15 is 0 Å². The largest absolute Gasteiger partial charge is 0.479 e. The average Bonchev–Trinajstić information content (AvgIpc) is 2.54. The van der Waals surface area contributed by atoms with Crippen LogP contribution in [0.25, 0.3) is 0 Å². The summed E-state index contributed by atoms with van der Waals surface area (Å²) in [7, 11) is 0. The first-order valence-corrected chi connectivity index (χ1v) is 6.96. The number of benzene rings is 1. The van der Waals surface area contributed by atoms with Crippen LogP contribution < -0.4 is 10.1 Å². The molecule has 0 radical (unpaired) electrons. The number of rotatable bonds is 6. The molecular formula is C17H19N3O. The third-order valence-electron chi connectivity index (χ3n) is 3.39. The number of ether oxygens (including phenoxy) is 1. The topological polar surface area (TPSA) is 57.9 Å². The van der Waals surface area contributed by atoms with Crippen LogP contribution in [-0.2, 0) is 0 Å². The first-order valence-electron chi connectivity index (χ1n) is 6.96. The molecule has 108 valence electrons. The fraction of sp³-hybridized carbons (Fsp3) is 0.294. The fourth-order valence-electron chi connectivity index (χ4n) is 2.19. The zero-order valence-electron chi connectivity index (χ0n) is 12.3. The molecule has 0 spiro atoms. The molecule has 0 saturated carbocycles. The normalized spacial score (nSPS) is 13.2. The van der Waals surface area contributed by atoms with Crippen molar-refractivity contribution in [1.82, 2.24) is 10.3 Å². The Labute approximate surface area is 125 Å². The van der Waals surface area contributed by atoms with E-state index < -0.39 is 0 Å². The van der Waals surface area contributed by atoms with Crippen LogP contribution in [0.15, 0.2) is 48.8 Å². The molecule has 1 N–H and O–H groups in total. The average molecular weight is 281 g/mol. The van der Waals surface area contributed by atoms with E-state index in [0.29, 0.717) is 0 Å². The van der Waals surface area contributed by atoms with Crippen molar-refractivity contribution in [2.24, 2.45) is 0 Å². The molecule has 1 aromatic carbocycles. The molecular weight excluding hydrogens is 262 g/mol. The van der Waals surface area contributed by atoms with Crippen LogP contribution in [0.3, 0.4) is 0 Å². The second-order valence-corrected chi connectivity index (χ2v) is 4.91. The third-order valence-corrected chi connectivity index (χ3v) is 3.39. The van der Waals surface area contributed by atoms with Crippen LogP contribution in [0.4, 0.5) is 0 Å². The smallest absolute Gasteiger partial charge is 0.174 e. The maximum atomic E-state index is 8.49. The summed E-state index contributed by atoms with van der Waals surface area (Å²) in [5, 5.41) is 12.0.